The second-order valence-corrected chi connectivity index (χ2v) is 4.80. The van der Waals surface area contributed by atoms with Crippen molar-refractivity contribution in [3.8, 4) is 0 Å². The van der Waals surface area contributed by atoms with Gasteiger partial charge in [0.25, 0.3) is 0 Å². The molecule has 1 N–H and O–H groups in total. The van der Waals surface area contributed by atoms with Crippen LogP contribution in [0.15, 0.2) is 0 Å². The molecule has 0 bridgehead atoms. The summed E-state index contributed by atoms with van der Waals surface area (Å²) >= 11 is 0. The standard InChI is InChI=1S/C12H23NO/c1-2-4-12(5-3-1)13-10-11-6-8-14-9-7-11/h11-13H,1-10H2. The van der Waals surface area contributed by atoms with Crippen LogP contribution in [0.3, 0.4) is 0 Å². The van der Waals surface area contributed by atoms with Gasteiger partial charge in [0.15, 0.2) is 0 Å². The first kappa shape index (κ1) is 10.4. The molecule has 1 saturated heterocycles. The molecular weight excluding hydrogens is 174 g/mol. The van der Waals surface area contributed by atoms with Crippen LogP contribution in [0.5, 0.6) is 0 Å². The Morgan fingerprint density at radius 3 is 2.36 bits per heavy atom. The molecule has 2 heteroatoms. The molecule has 1 aliphatic heterocycles. The molecule has 0 aromatic heterocycles. The molecule has 82 valence electrons. The lowest BCUT2D eigenvalue weighted by Crippen LogP contribution is -2.36. The summed E-state index contributed by atoms with van der Waals surface area (Å²) in [6, 6.07) is 0.826. The van der Waals surface area contributed by atoms with E-state index in [2.05, 4.69) is 5.32 Å². The fourth-order valence-electron chi connectivity index (χ4n) is 2.59. The van der Waals surface area contributed by atoms with Crippen LogP contribution >= 0.6 is 0 Å². The third-order valence-electron chi connectivity index (χ3n) is 3.64. The van der Waals surface area contributed by atoms with Gasteiger partial charge in [-0.25, -0.2) is 0 Å². The smallest absolute Gasteiger partial charge is 0.0469 e. The van der Waals surface area contributed by atoms with Crippen LogP contribution in [-0.2, 0) is 4.74 Å². The molecular formula is C12H23NO. The second-order valence-electron chi connectivity index (χ2n) is 4.80. The minimum absolute atomic E-state index is 0.826. The number of hydrogen-bond acceptors (Lipinski definition) is 2. The highest BCUT2D eigenvalue weighted by atomic mass is 16.5. The zero-order chi connectivity index (χ0) is 9.64. The van der Waals surface area contributed by atoms with E-state index in [0.717, 1.165) is 25.2 Å². The highest BCUT2D eigenvalue weighted by Gasteiger charge is 2.17. The Labute approximate surface area is 87.4 Å². The molecule has 0 aromatic rings. The molecule has 0 atom stereocenters. The van der Waals surface area contributed by atoms with Crippen LogP contribution in [0.2, 0.25) is 0 Å². The van der Waals surface area contributed by atoms with E-state index in [1.54, 1.807) is 0 Å². The lowest BCUT2D eigenvalue weighted by Gasteiger charge is -2.27. The van der Waals surface area contributed by atoms with Crippen molar-refractivity contribution in [3.63, 3.8) is 0 Å². The van der Waals surface area contributed by atoms with Gasteiger partial charge < -0.3 is 10.1 Å². The van der Waals surface area contributed by atoms with Crippen molar-refractivity contribution in [2.75, 3.05) is 19.8 Å². The maximum atomic E-state index is 5.36. The fourth-order valence-corrected chi connectivity index (χ4v) is 2.59. The molecule has 14 heavy (non-hydrogen) atoms. The predicted octanol–water partition coefficient (Wildman–Crippen LogP) is 2.34. The SMILES string of the molecule is C1CCC(NCC2CCOCC2)CC1. The lowest BCUT2D eigenvalue weighted by atomic mass is 9.94. The van der Waals surface area contributed by atoms with E-state index in [1.165, 1.54) is 51.5 Å². The van der Waals surface area contributed by atoms with E-state index in [1.807, 2.05) is 0 Å². The molecule has 1 heterocycles. The van der Waals surface area contributed by atoms with Gasteiger partial charge in [0.2, 0.25) is 0 Å². The first-order valence-corrected chi connectivity index (χ1v) is 6.26. The summed E-state index contributed by atoms with van der Waals surface area (Å²) < 4.78 is 5.36. The van der Waals surface area contributed by atoms with Crippen molar-refractivity contribution in [3.05, 3.63) is 0 Å². The molecule has 2 aliphatic rings. The number of nitrogens with one attached hydrogen (secondary N) is 1. The summed E-state index contributed by atoms with van der Waals surface area (Å²) in [5, 5.41) is 3.74. The molecule has 1 saturated carbocycles. The average Bonchev–Trinajstić information content (AvgIpc) is 2.29. The van der Waals surface area contributed by atoms with Crippen molar-refractivity contribution >= 4 is 0 Å². The van der Waals surface area contributed by atoms with Gasteiger partial charge in [0, 0.05) is 19.3 Å². The van der Waals surface area contributed by atoms with Crippen LogP contribution < -0.4 is 5.32 Å². The predicted molar refractivity (Wildman–Crippen MR) is 58.4 cm³/mol. The summed E-state index contributed by atoms with van der Waals surface area (Å²) in [6.07, 6.45) is 9.66. The van der Waals surface area contributed by atoms with E-state index in [4.69, 9.17) is 4.74 Å². The van der Waals surface area contributed by atoms with E-state index in [9.17, 15) is 0 Å². The van der Waals surface area contributed by atoms with E-state index in [-0.39, 0.29) is 0 Å². The van der Waals surface area contributed by atoms with Gasteiger partial charge in [-0.15, -0.1) is 0 Å². The van der Waals surface area contributed by atoms with Gasteiger partial charge in [-0.3, -0.25) is 0 Å². The van der Waals surface area contributed by atoms with Gasteiger partial charge in [0.05, 0.1) is 0 Å². The Morgan fingerprint density at radius 1 is 0.929 bits per heavy atom. The first-order chi connectivity index (χ1) is 6.95. The van der Waals surface area contributed by atoms with Crippen LogP contribution in [-0.4, -0.2) is 25.8 Å². The highest BCUT2D eigenvalue weighted by Crippen LogP contribution is 2.19. The van der Waals surface area contributed by atoms with Crippen LogP contribution in [0.25, 0.3) is 0 Å². The van der Waals surface area contributed by atoms with E-state index < -0.39 is 0 Å². The van der Waals surface area contributed by atoms with Gasteiger partial charge in [-0.05, 0) is 38.1 Å². The summed E-state index contributed by atoms with van der Waals surface area (Å²) in [6.45, 7) is 3.20. The molecule has 2 rings (SSSR count). The minimum Gasteiger partial charge on any atom is -0.381 e. The van der Waals surface area contributed by atoms with Gasteiger partial charge in [-0.1, -0.05) is 19.3 Å². The molecule has 0 amide bonds. The molecule has 2 nitrogen and oxygen atoms in total. The third-order valence-corrected chi connectivity index (χ3v) is 3.64. The van der Waals surface area contributed by atoms with Gasteiger partial charge in [0.1, 0.15) is 0 Å². The largest absolute Gasteiger partial charge is 0.381 e. The van der Waals surface area contributed by atoms with E-state index in [0.29, 0.717) is 0 Å². The summed E-state index contributed by atoms with van der Waals surface area (Å²) in [7, 11) is 0. The van der Waals surface area contributed by atoms with Crippen molar-refractivity contribution in [1.82, 2.24) is 5.32 Å². The fraction of sp³-hybridized carbons (Fsp3) is 1.00. The van der Waals surface area contributed by atoms with Gasteiger partial charge in [-0.2, -0.15) is 0 Å². The summed E-state index contributed by atoms with van der Waals surface area (Å²) in [4.78, 5) is 0. The monoisotopic (exact) mass is 197 g/mol. The molecule has 0 aromatic carbocycles. The van der Waals surface area contributed by atoms with Crippen molar-refractivity contribution in [1.29, 1.82) is 0 Å². The highest BCUT2D eigenvalue weighted by molar-refractivity contribution is 4.74. The van der Waals surface area contributed by atoms with Crippen molar-refractivity contribution in [2.45, 2.75) is 51.0 Å². The average molecular weight is 197 g/mol. The molecule has 0 spiro atoms. The summed E-state index contributed by atoms with van der Waals surface area (Å²) in [5.74, 6) is 0.880. The normalized spacial score (nSPS) is 26.6. The lowest BCUT2D eigenvalue weighted by molar-refractivity contribution is 0.0650. The second kappa shape index (κ2) is 5.72. The maximum Gasteiger partial charge on any atom is 0.0469 e. The topological polar surface area (TPSA) is 21.3 Å². The molecule has 2 fully saturated rings. The van der Waals surface area contributed by atoms with Crippen molar-refractivity contribution in [2.24, 2.45) is 5.92 Å². The van der Waals surface area contributed by atoms with Crippen molar-refractivity contribution < 1.29 is 4.74 Å². The first-order valence-electron chi connectivity index (χ1n) is 6.26. The zero-order valence-corrected chi connectivity index (χ0v) is 9.13. The Kier molecular flexibility index (Phi) is 4.26. The quantitative estimate of drug-likeness (QED) is 0.750. The molecule has 0 unspecified atom stereocenters. The van der Waals surface area contributed by atoms with Crippen LogP contribution in [0, 0.1) is 5.92 Å². The van der Waals surface area contributed by atoms with Gasteiger partial charge >= 0.3 is 0 Å². The minimum atomic E-state index is 0.826. The zero-order valence-electron chi connectivity index (χ0n) is 9.13. The number of rotatable bonds is 3. The number of hydrogen-bond donors (Lipinski definition) is 1. The maximum absolute atomic E-state index is 5.36. The van der Waals surface area contributed by atoms with E-state index >= 15 is 0 Å². The Balaban J connectivity index is 1.60. The van der Waals surface area contributed by atoms with Crippen LogP contribution in [0.1, 0.15) is 44.9 Å². The Hall–Kier alpha value is -0.0800. The Bertz CT molecular complexity index is 130. The number of ether oxygens (including phenoxy) is 1. The van der Waals surface area contributed by atoms with Crippen LogP contribution in [0.4, 0.5) is 0 Å². The summed E-state index contributed by atoms with van der Waals surface area (Å²) in [5.41, 5.74) is 0. The molecule has 0 radical (unpaired) electrons. The Morgan fingerprint density at radius 2 is 1.64 bits per heavy atom. The third kappa shape index (κ3) is 3.25. The molecule has 1 aliphatic carbocycles.